The topological polar surface area (TPSA) is 83.5 Å². The number of unbranched alkanes of at least 4 members (excludes halogenated alkanes) is 14. The van der Waals surface area contributed by atoms with E-state index in [1.165, 1.54) is 83.5 Å². The van der Waals surface area contributed by atoms with Crippen molar-refractivity contribution in [1.29, 1.82) is 0 Å². The summed E-state index contributed by atoms with van der Waals surface area (Å²) in [4.78, 5) is 11.6. The number of rotatable bonds is 21. The molecule has 0 heterocycles. The molecule has 0 saturated carbocycles. The van der Waals surface area contributed by atoms with Gasteiger partial charge in [-0.3, -0.25) is 9.35 Å². The molecule has 0 aliphatic rings. The van der Waals surface area contributed by atoms with Gasteiger partial charge in [0.2, 0.25) is 0 Å². The first-order valence-corrected chi connectivity index (χ1v) is 12.7. The predicted octanol–water partition coefficient (Wildman–Crippen LogP) is 4.91. The fourth-order valence-corrected chi connectivity index (χ4v) is 3.61. The first-order chi connectivity index (χ1) is 13.0. The van der Waals surface area contributed by atoms with Gasteiger partial charge in [-0.2, -0.15) is 8.42 Å². The van der Waals surface area contributed by atoms with Crippen LogP contribution in [0.5, 0.6) is 0 Å². The van der Waals surface area contributed by atoms with Crippen LogP contribution in [0.4, 0.5) is 0 Å². The van der Waals surface area contributed by atoms with Gasteiger partial charge < -0.3 is 5.32 Å². The average Bonchev–Trinajstić information content (AvgIpc) is 2.61. The van der Waals surface area contributed by atoms with Gasteiger partial charge in [0.05, 0.1) is 12.3 Å². The molecule has 0 saturated heterocycles. The smallest absolute Gasteiger partial charge is 0.266 e. The summed E-state index contributed by atoms with van der Waals surface area (Å²) < 4.78 is 29.7. The maximum Gasteiger partial charge on any atom is 0.266 e. The number of ketones is 1. The summed E-state index contributed by atoms with van der Waals surface area (Å²) >= 11 is 0. The molecule has 0 aromatic carbocycles. The van der Waals surface area contributed by atoms with Gasteiger partial charge in [0.15, 0.2) is 0 Å². The van der Waals surface area contributed by atoms with Gasteiger partial charge in [-0.25, -0.2) is 0 Å². The van der Waals surface area contributed by atoms with Crippen molar-refractivity contribution in [2.75, 3.05) is 18.8 Å². The Bertz CT molecular complexity index is 444. The second-order valence-electron chi connectivity index (χ2n) is 7.70. The Kier molecular flexibility index (Phi) is 24.4. The van der Waals surface area contributed by atoms with Gasteiger partial charge >= 0.3 is 0 Å². The van der Waals surface area contributed by atoms with Crippen LogP contribution >= 0.6 is 0 Å². The number of carbonyl (C=O) groups is 1. The number of hydrogen-bond acceptors (Lipinski definition) is 4. The van der Waals surface area contributed by atoms with Crippen LogP contribution in [-0.4, -0.2) is 67.2 Å². The molecule has 0 bridgehead atoms. The molecule has 0 aliphatic heterocycles. The van der Waals surface area contributed by atoms with Gasteiger partial charge in [0.1, 0.15) is 5.78 Å². The molecule has 0 aromatic heterocycles. The molecule has 0 unspecified atom stereocenters. The van der Waals surface area contributed by atoms with Gasteiger partial charge in [-0.15, -0.1) is 0 Å². The van der Waals surface area contributed by atoms with Crippen molar-refractivity contribution >= 4 is 45.5 Å². The first-order valence-electron chi connectivity index (χ1n) is 11.1. The Morgan fingerprint density at radius 2 is 1.14 bits per heavy atom. The third-order valence-electron chi connectivity index (χ3n) is 4.92. The molecule has 7 heteroatoms. The Morgan fingerprint density at radius 3 is 1.54 bits per heavy atom. The van der Waals surface area contributed by atoms with Crippen LogP contribution in [0, 0.1) is 0 Å². The minimum absolute atomic E-state index is 0. The van der Waals surface area contributed by atoms with Gasteiger partial charge in [-0.05, 0) is 6.42 Å². The third kappa shape index (κ3) is 26.5. The van der Waals surface area contributed by atoms with Crippen LogP contribution in [0.2, 0.25) is 0 Å². The minimum atomic E-state index is -3.94. The molecule has 0 rings (SSSR count). The van der Waals surface area contributed by atoms with Crippen molar-refractivity contribution < 1.29 is 17.8 Å². The Morgan fingerprint density at radius 1 is 0.750 bits per heavy atom. The van der Waals surface area contributed by atoms with E-state index in [-0.39, 0.29) is 54.2 Å². The number of hydrogen-bond donors (Lipinski definition) is 2. The van der Waals surface area contributed by atoms with Crippen LogP contribution in [0.25, 0.3) is 0 Å². The summed E-state index contributed by atoms with van der Waals surface area (Å²) in [6.45, 7) is 2.56. The molecule has 5 nitrogen and oxygen atoms in total. The molecule has 0 aliphatic carbocycles. The van der Waals surface area contributed by atoms with Crippen molar-refractivity contribution in [3.05, 3.63) is 0 Å². The van der Waals surface area contributed by atoms with Crippen molar-refractivity contribution in [2.24, 2.45) is 0 Å². The second-order valence-corrected chi connectivity index (χ2v) is 9.27. The van der Waals surface area contributed by atoms with Crippen LogP contribution in [-0.2, 0) is 14.9 Å². The predicted molar refractivity (Wildman–Crippen MR) is 120 cm³/mol. The Hall–Kier alpha value is 0.540. The zero-order chi connectivity index (χ0) is 20.2. The largest absolute Gasteiger partial charge is 0.309 e. The van der Waals surface area contributed by atoms with Crippen molar-refractivity contribution in [3.63, 3.8) is 0 Å². The minimum Gasteiger partial charge on any atom is -0.309 e. The van der Waals surface area contributed by atoms with Crippen molar-refractivity contribution in [3.8, 4) is 0 Å². The van der Waals surface area contributed by atoms with E-state index < -0.39 is 10.1 Å². The molecule has 0 spiro atoms. The summed E-state index contributed by atoms with van der Waals surface area (Å²) in [5, 5.41) is 2.76. The average molecular weight is 429 g/mol. The molecule has 0 atom stereocenters. The first kappa shape index (κ1) is 30.7. The SMILES string of the molecule is CCCCCCCCCCCCCCCCCC(=O)CNCCS(=O)(=O)O.[Na]. The molecule has 28 heavy (non-hydrogen) atoms. The van der Waals surface area contributed by atoms with E-state index in [0.717, 1.165) is 12.8 Å². The van der Waals surface area contributed by atoms with Crippen molar-refractivity contribution in [1.82, 2.24) is 5.32 Å². The third-order valence-corrected chi connectivity index (χ3v) is 5.64. The second kappa shape index (κ2) is 22.2. The maximum atomic E-state index is 11.6. The summed E-state index contributed by atoms with van der Waals surface area (Å²) in [5.74, 6) is -0.237. The van der Waals surface area contributed by atoms with Crippen LogP contribution in [0.15, 0.2) is 0 Å². The molecule has 0 aromatic rings. The zero-order valence-electron chi connectivity index (χ0n) is 18.5. The zero-order valence-corrected chi connectivity index (χ0v) is 21.3. The van der Waals surface area contributed by atoms with Crippen molar-refractivity contribution in [2.45, 2.75) is 110 Å². The monoisotopic (exact) mass is 428 g/mol. The molecule has 0 fully saturated rings. The maximum absolute atomic E-state index is 11.6. The molecule has 163 valence electrons. The summed E-state index contributed by atoms with van der Waals surface area (Å²) in [6.07, 6.45) is 20.2. The van der Waals surface area contributed by atoms with E-state index >= 15 is 0 Å². The summed E-state index contributed by atoms with van der Waals surface area (Å²) in [5.41, 5.74) is 0. The fourth-order valence-electron chi connectivity index (χ4n) is 3.21. The number of Topliss-reactive ketones (excluding diaryl/α,β-unsaturated/α-hetero) is 1. The van der Waals surface area contributed by atoms with E-state index in [1.807, 2.05) is 0 Å². The molecule has 1 radical (unpaired) electrons. The van der Waals surface area contributed by atoms with E-state index in [1.54, 1.807) is 0 Å². The van der Waals surface area contributed by atoms with Crippen LogP contribution in [0.1, 0.15) is 110 Å². The standard InChI is InChI=1S/C21H43NO4S.Na/c1-2-3-4-5-6-7-8-9-10-11-12-13-14-15-16-17-21(23)20-22-18-19-27(24,25)26;/h22H,2-20H2,1H3,(H,24,25,26);. The number of carbonyl (C=O) groups excluding carboxylic acids is 1. The Balaban J connectivity index is 0. The van der Waals surface area contributed by atoms with E-state index in [2.05, 4.69) is 12.2 Å². The number of nitrogens with one attached hydrogen (secondary N) is 1. The normalized spacial score (nSPS) is 11.4. The Labute approximate surface area is 196 Å². The van der Waals surface area contributed by atoms with Gasteiger partial charge in [0, 0.05) is 42.5 Å². The molecular formula is C21H43NNaO4S. The van der Waals surface area contributed by atoms with Crippen LogP contribution in [0.3, 0.4) is 0 Å². The summed E-state index contributed by atoms with van der Waals surface area (Å²) in [6, 6.07) is 0. The van der Waals surface area contributed by atoms with E-state index in [9.17, 15) is 13.2 Å². The fraction of sp³-hybridized carbons (Fsp3) is 0.952. The van der Waals surface area contributed by atoms with Gasteiger partial charge in [0.25, 0.3) is 10.1 Å². The quantitative estimate of drug-likeness (QED) is 0.154. The molecule has 0 amide bonds. The van der Waals surface area contributed by atoms with E-state index in [4.69, 9.17) is 4.55 Å². The van der Waals surface area contributed by atoms with Gasteiger partial charge in [-0.1, -0.05) is 96.8 Å². The van der Waals surface area contributed by atoms with E-state index in [0.29, 0.717) is 6.42 Å². The van der Waals surface area contributed by atoms with Crippen LogP contribution < -0.4 is 5.32 Å². The molecule has 2 N–H and O–H groups in total. The summed E-state index contributed by atoms with van der Waals surface area (Å²) in [7, 11) is -3.94. The molecular weight excluding hydrogens is 385 g/mol.